The fraction of sp³-hybridized carbons (Fsp3) is 0.333. The van der Waals surface area contributed by atoms with Crippen molar-refractivity contribution in [2.45, 2.75) is 20.0 Å². The van der Waals surface area contributed by atoms with Gasteiger partial charge in [-0.15, -0.1) is 0 Å². The maximum atomic E-state index is 5.42. The molecule has 0 fully saturated rings. The lowest BCUT2D eigenvalue weighted by molar-refractivity contribution is 0.101. The minimum Gasteiger partial charge on any atom is -0.393 e. The second kappa shape index (κ2) is 7.84. The predicted octanol–water partition coefficient (Wildman–Crippen LogP) is 2.59. The molecule has 0 aliphatic heterocycles. The fourth-order valence-electron chi connectivity index (χ4n) is 1.12. The van der Waals surface area contributed by atoms with Crippen LogP contribution in [0.1, 0.15) is 18.1 Å². The van der Waals surface area contributed by atoms with Crippen LogP contribution in [0.5, 0.6) is 0 Å². The van der Waals surface area contributed by atoms with Crippen LogP contribution in [0.2, 0.25) is 0 Å². The van der Waals surface area contributed by atoms with Crippen molar-refractivity contribution in [2.75, 3.05) is 6.61 Å². The number of nitrogens with two attached hydrogens (primary N) is 1. The number of aryl methyl sites for hydroxylation is 1. The smallest absolute Gasteiger partial charge is 0.252 e. The number of aromatic nitrogens is 2. The summed E-state index contributed by atoms with van der Waals surface area (Å²) < 4.78 is 10.9. The maximum Gasteiger partial charge on any atom is 0.252 e. The number of rotatable bonds is 7. The maximum absolute atomic E-state index is 5.42. The first-order valence-electron chi connectivity index (χ1n) is 5.42. The number of hydrogen-bond acceptors (Lipinski definition) is 5. The summed E-state index contributed by atoms with van der Waals surface area (Å²) in [4.78, 5) is 4.03. The Balaban J connectivity index is 2.16. The van der Waals surface area contributed by atoms with Gasteiger partial charge in [-0.05, 0) is 35.4 Å². The molecule has 0 saturated heterocycles. The molecule has 0 aromatic carbocycles. The molecule has 1 aromatic heterocycles. The lowest BCUT2D eigenvalue weighted by Crippen LogP contribution is -1.96. The van der Waals surface area contributed by atoms with Gasteiger partial charge < -0.3 is 15.0 Å². The van der Waals surface area contributed by atoms with Gasteiger partial charge >= 0.3 is 0 Å². The molecule has 0 spiro atoms. The molecular formula is C12H16BrN3O2. The normalized spacial score (nSPS) is 12.2. The molecular weight excluding hydrogens is 298 g/mol. The first-order chi connectivity index (χ1) is 8.58. The largest absolute Gasteiger partial charge is 0.393 e. The van der Waals surface area contributed by atoms with Crippen molar-refractivity contribution in [3.8, 4) is 0 Å². The molecule has 0 unspecified atom stereocenters. The third-order valence-electron chi connectivity index (χ3n) is 1.95. The number of ether oxygens (including phenoxy) is 1. The van der Waals surface area contributed by atoms with Crippen molar-refractivity contribution in [3.63, 3.8) is 0 Å². The first kappa shape index (κ1) is 14.7. The van der Waals surface area contributed by atoms with Crippen molar-refractivity contribution < 1.29 is 9.26 Å². The molecule has 0 saturated carbocycles. The Morgan fingerprint density at radius 2 is 2.39 bits per heavy atom. The number of nitrogens with zero attached hydrogens (tertiary/aromatic N) is 2. The average molecular weight is 314 g/mol. The van der Waals surface area contributed by atoms with Crippen molar-refractivity contribution in [1.82, 2.24) is 10.1 Å². The second-order valence-corrected chi connectivity index (χ2v) is 4.52. The topological polar surface area (TPSA) is 74.2 Å². The molecule has 18 heavy (non-hydrogen) atoms. The van der Waals surface area contributed by atoms with E-state index in [2.05, 4.69) is 32.6 Å². The molecule has 0 aliphatic rings. The molecule has 0 radical (unpaired) electrons. The molecule has 0 bridgehead atoms. The van der Waals surface area contributed by atoms with Gasteiger partial charge in [-0.3, -0.25) is 0 Å². The summed E-state index contributed by atoms with van der Waals surface area (Å²) >= 11 is 3.13. The summed E-state index contributed by atoms with van der Waals surface area (Å²) in [5.41, 5.74) is 6.38. The van der Waals surface area contributed by atoms with Crippen LogP contribution in [0.15, 0.2) is 39.5 Å². The van der Waals surface area contributed by atoms with E-state index in [1.165, 1.54) is 0 Å². The van der Waals surface area contributed by atoms with Gasteiger partial charge in [0.05, 0.1) is 11.2 Å². The molecule has 5 nitrogen and oxygen atoms in total. The summed E-state index contributed by atoms with van der Waals surface area (Å²) in [5, 5.41) is 3.67. The Morgan fingerprint density at radius 1 is 1.61 bits per heavy atom. The highest BCUT2D eigenvalue weighted by atomic mass is 79.9. The first-order valence-corrected chi connectivity index (χ1v) is 6.21. The standard InChI is InChI=1S/C12H16BrN3O2/c1-9(4-3-5-11(13)14)6-7-17-8-12-15-10(2)16-18-12/h3-5H,1,6-8,14H2,2H3/b4-3-,11-5-. The Bertz CT molecular complexity index is 448. The van der Waals surface area contributed by atoms with Crippen molar-refractivity contribution in [1.29, 1.82) is 0 Å². The molecule has 1 heterocycles. The van der Waals surface area contributed by atoms with Gasteiger partial charge in [-0.25, -0.2) is 0 Å². The molecule has 1 aromatic rings. The zero-order chi connectivity index (χ0) is 13.4. The Labute approximate surface area is 115 Å². The summed E-state index contributed by atoms with van der Waals surface area (Å²) in [5.74, 6) is 1.10. The van der Waals surface area contributed by atoms with Crippen LogP contribution in [-0.2, 0) is 11.3 Å². The molecule has 0 aliphatic carbocycles. The Morgan fingerprint density at radius 3 is 3.00 bits per heavy atom. The molecule has 0 amide bonds. The third-order valence-corrected chi connectivity index (χ3v) is 2.21. The van der Waals surface area contributed by atoms with Gasteiger partial charge in [0.25, 0.3) is 5.89 Å². The van der Waals surface area contributed by atoms with E-state index in [9.17, 15) is 0 Å². The van der Waals surface area contributed by atoms with Crippen LogP contribution in [-0.4, -0.2) is 16.7 Å². The van der Waals surface area contributed by atoms with E-state index in [0.29, 0.717) is 29.5 Å². The highest BCUT2D eigenvalue weighted by Gasteiger charge is 2.01. The average Bonchev–Trinajstić information content (AvgIpc) is 2.70. The zero-order valence-corrected chi connectivity index (χ0v) is 11.8. The van der Waals surface area contributed by atoms with Crippen molar-refractivity contribution in [3.05, 3.63) is 46.7 Å². The van der Waals surface area contributed by atoms with Crippen LogP contribution in [0.25, 0.3) is 0 Å². The van der Waals surface area contributed by atoms with Crippen LogP contribution >= 0.6 is 15.9 Å². The van der Waals surface area contributed by atoms with Gasteiger partial charge in [0.1, 0.15) is 6.61 Å². The van der Waals surface area contributed by atoms with E-state index >= 15 is 0 Å². The lowest BCUT2D eigenvalue weighted by atomic mass is 10.2. The summed E-state index contributed by atoms with van der Waals surface area (Å²) in [6.45, 7) is 6.54. The lowest BCUT2D eigenvalue weighted by Gasteiger charge is -2.00. The van der Waals surface area contributed by atoms with Crippen LogP contribution < -0.4 is 5.73 Å². The number of hydrogen-bond donors (Lipinski definition) is 1. The van der Waals surface area contributed by atoms with Gasteiger partial charge in [-0.1, -0.05) is 29.5 Å². The molecule has 1 rings (SSSR count). The van der Waals surface area contributed by atoms with E-state index in [1.54, 1.807) is 13.0 Å². The fourth-order valence-corrected chi connectivity index (χ4v) is 1.27. The van der Waals surface area contributed by atoms with Gasteiger partial charge in [-0.2, -0.15) is 4.98 Å². The van der Waals surface area contributed by atoms with Crippen LogP contribution in [0.4, 0.5) is 0 Å². The predicted molar refractivity (Wildman–Crippen MR) is 72.8 cm³/mol. The quantitative estimate of drug-likeness (QED) is 0.476. The van der Waals surface area contributed by atoms with Crippen LogP contribution in [0.3, 0.4) is 0 Å². The summed E-state index contributed by atoms with van der Waals surface area (Å²) in [6.07, 6.45) is 6.19. The van der Waals surface area contributed by atoms with E-state index < -0.39 is 0 Å². The minimum atomic E-state index is 0.325. The van der Waals surface area contributed by atoms with E-state index in [4.69, 9.17) is 15.0 Å². The molecule has 2 N–H and O–H groups in total. The molecule has 6 heteroatoms. The van der Waals surface area contributed by atoms with Crippen LogP contribution in [0, 0.1) is 6.92 Å². The van der Waals surface area contributed by atoms with E-state index in [0.717, 1.165) is 12.0 Å². The Hall–Kier alpha value is -1.40. The second-order valence-electron chi connectivity index (χ2n) is 3.61. The van der Waals surface area contributed by atoms with E-state index in [-0.39, 0.29) is 0 Å². The highest BCUT2D eigenvalue weighted by Crippen LogP contribution is 2.04. The van der Waals surface area contributed by atoms with Gasteiger partial charge in [0, 0.05) is 0 Å². The molecule has 98 valence electrons. The highest BCUT2D eigenvalue weighted by molar-refractivity contribution is 9.11. The zero-order valence-electron chi connectivity index (χ0n) is 10.2. The van der Waals surface area contributed by atoms with Crippen molar-refractivity contribution >= 4 is 15.9 Å². The van der Waals surface area contributed by atoms with E-state index in [1.807, 2.05) is 12.2 Å². The third kappa shape index (κ3) is 6.36. The molecule has 0 atom stereocenters. The minimum absolute atomic E-state index is 0.325. The number of halogens is 1. The Kier molecular flexibility index (Phi) is 6.38. The SMILES string of the molecule is C=C(/C=C\C=C(/N)Br)CCOCc1nc(C)no1. The van der Waals surface area contributed by atoms with Crippen molar-refractivity contribution in [2.24, 2.45) is 5.73 Å². The van der Waals surface area contributed by atoms with Gasteiger partial charge in [0.2, 0.25) is 0 Å². The summed E-state index contributed by atoms with van der Waals surface area (Å²) in [6, 6.07) is 0. The summed E-state index contributed by atoms with van der Waals surface area (Å²) in [7, 11) is 0. The van der Waals surface area contributed by atoms with Gasteiger partial charge in [0.15, 0.2) is 5.82 Å². The monoisotopic (exact) mass is 313 g/mol. The number of allylic oxidation sites excluding steroid dienone is 3.